The number of hydrogen-bond acceptors (Lipinski definition) is 4. The van der Waals surface area contributed by atoms with Gasteiger partial charge in [0.2, 0.25) is 0 Å². The molecular formula is C20H18Cl2N2O4. The fourth-order valence-electron chi connectivity index (χ4n) is 2.62. The molecule has 146 valence electrons. The molecule has 1 heterocycles. The van der Waals surface area contributed by atoms with Gasteiger partial charge >= 0.3 is 5.91 Å². The lowest BCUT2D eigenvalue weighted by Gasteiger charge is -2.10. The van der Waals surface area contributed by atoms with Gasteiger partial charge < -0.3 is 9.15 Å². The molecule has 0 bridgehead atoms. The van der Waals surface area contributed by atoms with Crippen molar-refractivity contribution in [2.24, 2.45) is 0 Å². The first-order valence-electron chi connectivity index (χ1n) is 8.55. The molecule has 0 atom stereocenters. The fraction of sp³-hybridized carbons (Fsp3) is 0.200. The number of para-hydroxylation sites is 1. The number of hydrogen-bond donors (Lipinski definition) is 2. The number of nitrogens with one attached hydrogen (secondary N) is 2. The number of fused-ring (bicyclic) bond motifs is 1. The highest BCUT2D eigenvalue weighted by molar-refractivity contribution is 6.39. The van der Waals surface area contributed by atoms with Crippen LogP contribution >= 0.6 is 23.2 Å². The molecule has 1 aromatic heterocycles. The Hall–Kier alpha value is -2.54. The lowest BCUT2D eigenvalue weighted by atomic mass is 10.1. The van der Waals surface area contributed by atoms with Gasteiger partial charge in [-0.2, -0.15) is 0 Å². The second-order valence-electron chi connectivity index (χ2n) is 6.27. The average molecular weight is 421 g/mol. The van der Waals surface area contributed by atoms with Crippen molar-refractivity contribution in [1.82, 2.24) is 10.9 Å². The van der Waals surface area contributed by atoms with Crippen molar-refractivity contribution >= 4 is 46.0 Å². The number of halogens is 2. The summed E-state index contributed by atoms with van der Waals surface area (Å²) in [6.45, 7) is 3.99. The van der Waals surface area contributed by atoms with Crippen LogP contribution in [0.1, 0.15) is 40.3 Å². The third-order valence-corrected chi connectivity index (χ3v) is 4.57. The summed E-state index contributed by atoms with van der Waals surface area (Å²) in [5, 5.41) is 1.12. The van der Waals surface area contributed by atoms with E-state index in [9.17, 15) is 9.59 Å². The molecule has 0 saturated heterocycles. The Kier molecular flexibility index (Phi) is 6.24. The topological polar surface area (TPSA) is 80.6 Å². The Morgan fingerprint density at radius 2 is 1.64 bits per heavy atom. The smallest absolute Gasteiger partial charge is 0.305 e. The molecule has 0 spiro atoms. The van der Waals surface area contributed by atoms with E-state index >= 15 is 0 Å². The van der Waals surface area contributed by atoms with Crippen LogP contribution in [0.3, 0.4) is 0 Å². The molecule has 28 heavy (non-hydrogen) atoms. The SMILES string of the molecule is CC(C)OCc1c(C(=O)NNC(=O)c2c(Cl)cccc2Cl)oc2ccccc12. The lowest BCUT2D eigenvalue weighted by Crippen LogP contribution is -2.42. The molecule has 0 saturated carbocycles. The summed E-state index contributed by atoms with van der Waals surface area (Å²) in [4.78, 5) is 25.0. The largest absolute Gasteiger partial charge is 0.450 e. The van der Waals surface area contributed by atoms with Gasteiger partial charge in [-0.1, -0.05) is 47.5 Å². The van der Waals surface area contributed by atoms with Crippen molar-refractivity contribution in [3.8, 4) is 0 Å². The first kappa shape index (κ1) is 20.2. The number of carbonyl (C=O) groups is 2. The predicted octanol–water partition coefficient (Wildman–Crippen LogP) is 4.74. The molecular weight excluding hydrogens is 403 g/mol. The molecule has 2 amide bonds. The monoisotopic (exact) mass is 420 g/mol. The lowest BCUT2D eigenvalue weighted by molar-refractivity contribution is 0.0641. The molecule has 8 heteroatoms. The molecule has 0 aliphatic carbocycles. The van der Waals surface area contributed by atoms with Crippen LogP contribution in [0.25, 0.3) is 11.0 Å². The molecule has 3 aromatic rings. The third kappa shape index (κ3) is 4.30. The van der Waals surface area contributed by atoms with Crippen molar-refractivity contribution in [2.75, 3.05) is 0 Å². The van der Waals surface area contributed by atoms with E-state index in [1.807, 2.05) is 32.0 Å². The average Bonchev–Trinajstić information content (AvgIpc) is 3.03. The fourth-order valence-corrected chi connectivity index (χ4v) is 3.19. The van der Waals surface area contributed by atoms with Crippen LogP contribution < -0.4 is 10.9 Å². The van der Waals surface area contributed by atoms with Crippen molar-refractivity contribution < 1.29 is 18.7 Å². The summed E-state index contributed by atoms with van der Waals surface area (Å²) in [6, 6.07) is 11.9. The summed E-state index contributed by atoms with van der Waals surface area (Å²) >= 11 is 12.0. The quantitative estimate of drug-likeness (QED) is 0.584. The maximum atomic E-state index is 12.6. The molecule has 3 rings (SSSR count). The molecule has 2 aromatic carbocycles. The van der Waals surface area contributed by atoms with Gasteiger partial charge in [0.1, 0.15) is 5.58 Å². The highest BCUT2D eigenvalue weighted by atomic mass is 35.5. The molecule has 2 N–H and O–H groups in total. The van der Waals surface area contributed by atoms with Crippen LogP contribution in [-0.4, -0.2) is 17.9 Å². The molecule has 0 radical (unpaired) electrons. The molecule has 0 aliphatic heterocycles. The Labute approximate surface area is 171 Å². The van der Waals surface area contributed by atoms with Gasteiger partial charge in [0, 0.05) is 10.9 Å². The molecule has 0 unspecified atom stereocenters. The molecule has 6 nitrogen and oxygen atoms in total. The van der Waals surface area contributed by atoms with E-state index < -0.39 is 11.8 Å². The van der Waals surface area contributed by atoms with Gasteiger partial charge in [-0.05, 0) is 32.0 Å². The number of furan rings is 1. The van der Waals surface area contributed by atoms with E-state index in [0.29, 0.717) is 11.1 Å². The van der Waals surface area contributed by atoms with Crippen LogP contribution in [0.15, 0.2) is 46.9 Å². The van der Waals surface area contributed by atoms with E-state index in [4.69, 9.17) is 32.4 Å². The van der Waals surface area contributed by atoms with Gasteiger partial charge in [-0.25, -0.2) is 0 Å². The first-order valence-corrected chi connectivity index (χ1v) is 9.30. The number of rotatable bonds is 5. The van der Waals surface area contributed by atoms with E-state index in [1.54, 1.807) is 12.1 Å². The third-order valence-electron chi connectivity index (χ3n) is 3.94. The zero-order valence-corrected chi connectivity index (χ0v) is 16.7. The second-order valence-corrected chi connectivity index (χ2v) is 7.08. The maximum Gasteiger partial charge on any atom is 0.305 e. The van der Waals surface area contributed by atoms with Crippen LogP contribution in [0.5, 0.6) is 0 Å². The maximum absolute atomic E-state index is 12.6. The Bertz CT molecular complexity index is 1010. The van der Waals surface area contributed by atoms with Crippen LogP contribution in [0.2, 0.25) is 10.0 Å². The van der Waals surface area contributed by atoms with Crippen LogP contribution in [0.4, 0.5) is 0 Å². The molecule has 0 aliphatic rings. The van der Waals surface area contributed by atoms with Gasteiger partial charge in [-0.3, -0.25) is 20.4 Å². The summed E-state index contributed by atoms with van der Waals surface area (Å²) < 4.78 is 11.3. The van der Waals surface area contributed by atoms with Gasteiger partial charge in [-0.15, -0.1) is 0 Å². The second kappa shape index (κ2) is 8.65. The number of carbonyl (C=O) groups excluding carboxylic acids is 2. The highest BCUT2D eigenvalue weighted by Crippen LogP contribution is 2.27. The van der Waals surface area contributed by atoms with Crippen molar-refractivity contribution in [3.05, 3.63) is 69.4 Å². The number of amides is 2. The highest BCUT2D eigenvalue weighted by Gasteiger charge is 2.22. The standard InChI is InChI=1S/C20H18Cl2N2O4/c1-11(2)27-10-13-12-6-3-4-9-16(12)28-18(13)20(26)24-23-19(25)17-14(21)7-5-8-15(17)22/h3-9,11H,10H2,1-2H3,(H,23,25)(H,24,26). The molecule has 0 fully saturated rings. The number of benzene rings is 2. The summed E-state index contributed by atoms with van der Waals surface area (Å²) in [5.41, 5.74) is 5.87. The Morgan fingerprint density at radius 1 is 1.00 bits per heavy atom. The summed E-state index contributed by atoms with van der Waals surface area (Å²) in [6.07, 6.45) is -0.0216. The van der Waals surface area contributed by atoms with Crippen LogP contribution in [0, 0.1) is 0 Å². The van der Waals surface area contributed by atoms with Gasteiger partial charge in [0.05, 0.1) is 28.3 Å². The van der Waals surface area contributed by atoms with E-state index in [0.717, 1.165) is 5.39 Å². The normalized spacial score (nSPS) is 11.0. The Morgan fingerprint density at radius 3 is 2.32 bits per heavy atom. The zero-order valence-electron chi connectivity index (χ0n) is 15.2. The van der Waals surface area contributed by atoms with Gasteiger partial charge in [0.25, 0.3) is 5.91 Å². The van der Waals surface area contributed by atoms with Crippen molar-refractivity contribution in [2.45, 2.75) is 26.6 Å². The van der Waals surface area contributed by atoms with Crippen molar-refractivity contribution in [3.63, 3.8) is 0 Å². The minimum Gasteiger partial charge on any atom is -0.450 e. The number of hydrazine groups is 1. The van der Waals surface area contributed by atoms with Gasteiger partial charge in [0.15, 0.2) is 5.76 Å². The zero-order chi connectivity index (χ0) is 20.3. The minimum atomic E-state index is -0.639. The summed E-state index contributed by atoms with van der Waals surface area (Å²) in [5.74, 6) is -1.19. The Balaban J connectivity index is 1.81. The van der Waals surface area contributed by atoms with E-state index in [2.05, 4.69) is 10.9 Å². The first-order chi connectivity index (χ1) is 13.4. The predicted molar refractivity (Wildman–Crippen MR) is 108 cm³/mol. The summed E-state index contributed by atoms with van der Waals surface area (Å²) in [7, 11) is 0. The van der Waals surface area contributed by atoms with E-state index in [-0.39, 0.29) is 34.1 Å². The number of ether oxygens (including phenoxy) is 1. The van der Waals surface area contributed by atoms with Crippen LogP contribution in [-0.2, 0) is 11.3 Å². The van der Waals surface area contributed by atoms with Crippen molar-refractivity contribution in [1.29, 1.82) is 0 Å². The minimum absolute atomic E-state index is 0.0216. The van der Waals surface area contributed by atoms with E-state index in [1.165, 1.54) is 12.1 Å².